The van der Waals surface area contributed by atoms with E-state index in [4.69, 9.17) is 4.43 Å². The van der Waals surface area contributed by atoms with Crippen molar-refractivity contribution in [2.24, 2.45) is 0 Å². The SMILES string of the molecule is Cc1cccc(O[Si](C)(C)C)c1I. The Morgan fingerprint density at radius 2 is 1.85 bits per heavy atom. The Labute approximate surface area is 94.8 Å². The Hall–Kier alpha value is -0.0331. The van der Waals surface area contributed by atoms with Gasteiger partial charge in [-0.3, -0.25) is 0 Å². The largest absolute Gasteiger partial charge is 0.544 e. The van der Waals surface area contributed by atoms with Crippen LogP contribution in [0.15, 0.2) is 18.2 Å². The Balaban J connectivity index is 2.96. The maximum absolute atomic E-state index is 5.94. The zero-order valence-corrected chi connectivity index (χ0v) is 11.7. The van der Waals surface area contributed by atoms with E-state index in [-0.39, 0.29) is 0 Å². The number of aryl methyl sites for hydroxylation is 1. The fraction of sp³-hybridized carbons (Fsp3) is 0.400. The predicted octanol–water partition coefficient (Wildman–Crippen LogP) is 3.81. The maximum Gasteiger partial charge on any atom is 0.242 e. The summed E-state index contributed by atoms with van der Waals surface area (Å²) in [5, 5.41) is 0. The summed E-state index contributed by atoms with van der Waals surface area (Å²) >= 11 is 2.34. The minimum Gasteiger partial charge on any atom is -0.544 e. The first-order chi connectivity index (χ1) is 5.90. The van der Waals surface area contributed by atoms with Gasteiger partial charge in [0.25, 0.3) is 0 Å². The number of rotatable bonds is 2. The second-order valence-corrected chi connectivity index (χ2v) is 9.61. The summed E-state index contributed by atoms with van der Waals surface area (Å²) in [6, 6.07) is 6.21. The molecule has 0 aromatic heterocycles. The van der Waals surface area contributed by atoms with Crippen molar-refractivity contribution in [2.45, 2.75) is 26.6 Å². The molecular weight excluding hydrogens is 291 g/mol. The number of hydrogen-bond acceptors (Lipinski definition) is 1. The van der Waals surface area contributed by atoms with Crippen LogP contribution in [-0.2, 0) is 0 Å². The molecule has 0 aliphatic rings. The molecule has 0 atom stereocenters. The van der Waals surface area contributed by atoms with E-state index in [9.17, 15) is 0 Å². The molecule has 72 valence electrons. The molecule has 0 saturated carbocycles. The summed E-state index contributed by atoms with van der Waals surface area (Å²) in [5.74, 6) is 1.04. The summed E-state index contributed by atoms with van der Waals surface area (Å²) in [4.78, 5) is 0. The average molecular weight is 306 g/mol. The smallest absolute Gasteiger partial charge is 0.242 e. The molecule has 0 aliphatic carbocycles. The summed E-state index contributed by atoms with van der Waals surface area (Å²) in [7, 11) is -1.46. The zero-order chi connectivity index (χ0) is 10.1. The normalized spacial score (nSPS) is 11.5. The minimum atomic E-state index is -1.46. The van der Waals surface area contributed by atoms with Gasteiger partial charge in [-0.1, -0.05) is 12.1 Å². The third kappa shape index (κ3) is 3.30. The van der Waals surface area contributed by atoms with Gasteiger partial charge >= 0.3 is 0 Å². The van der Waals surface area contributed by atoms with Crippen LogP contribution in [0.2, 0.25) is 19.6 Å². The van der Waals surface area contributed by atoms with Gasteiger partial charge in [0.1, 0.15) is 5.75 Å². The first-order valence-electron chi connectivity index (χ1n) is 4.34. The minimum absolute atomic E-state index is 1.04. The molecule has 0 aliphatic heterocycles. The first kappa shape index (κ1) is 11.0. The van der Waals surface area contributed by atoms with Gasteiger partial charge < -0.3 is 4.43 Å². The van der Waals surface area contributed by atoms with E-state index in [0.29, 0.717) is 0 Å². The predicted molar refractivity (Wildman–Crippen MR) is 67.9 cm³/mol. The van der Waals surface area contributed by atoms with E-state index in [1.165, 1.54) is 9.13 Å². The molecule has 1 aromatic carbocycles. The monoisotopic (exact) mass is 306 g/mol. The molecule has 0 bridgehead atoms. The summed E-state index contributed by atoms with van der Waals surface area (Å²) < 4.78 is 7.18. The lowest BCUT2D eigenvalue weighted by Gasteiger charge is -2.20. The maximum atomic E-state index is 5.94. The van der Waals surface area contributed by atoms with Crippen molar-refractivity contribution in [3.63, 3.8) is 0 Å². The van der Waals surface area contributed by atoms with Crippen molar-refractivity contribution < 1.29 is 4.43 Å². The van der Waals surface area contributed by atoms with Crippen molar-refractivity contribution in [3.8, 4) is 5.75 Å². The molecule has 0 fully saturated rings. The topological polar surface area (TPSA) is 9.23 Å². The van der Waals surface area contributed by atoms with Crippen molar-refractivity contribution in [2.75, 3.05) is 0 Å². The van der Waals surface area contributed by atoms with Gasteiger partial charge in [-0.05, 0) is 60.8 Å². The van der Waals surface area contributed by atoms with Gasteiger partial charge in [-0.25, -0.2) is 0 Å². The standard InChI is InChI=1S/C10H15IOSi/c1-8-6-5-7-9(10(8)11)12-13(2,3)4/h5-7H,1-4H3. The Morgan fingerprint density at radius 3 is 2.38 bits per heavy atom. The highest BCUT2D eigenvalue weighted by molar-refractivity contribution is 14.1. The number of benzene rings is 1. The lowest BCUT2D eigenvalue weighted by atomic mass is 10.2. The van der Waals surface area contributed by atoms with Gasteiger partial charge in [-0.2, -0.15) is 0 Å². The van der Waals surface area contributed by atoms with E-state index in [1.54, 1.807) is 0 Å². The summed E-state index contributed by atoms with van der Waals surface area (Å²) in [6.07, 6.45) is 0. The number of hydrogen-bond donors (Lipinski definition) is 0. The fourth-order valence-corrected chi connectivity index (χ4v) is 2.54. The van der Waals surface area contributed by atoms with E-state index >= 15 is 0 Å². The van der Waals surface area contributed by atoms with E-state index < -0.39 is 8.32 Å². The third-order valence-electron chi connectivity index (χ3n) is 1.57. The van der Waals surface area contributed by atoms with Gasteiger partial charge in [0, 0.05) is 0 Å². The van der Waals surface area contributed by atoms with E-state index in [2.05, 4.69) is 55.2 Å². The second-order valence-electron chi connectivity index (χ2n) is 4.10. The van der Waals surface area contributed by atoms with Crippen LogP contribution in [0.1, 0.15) is 5.56 Å². The van der Waals surface area contributed by atoms with Crippen molar-refractivity contribution in [1.82, 2.24) is 0 Å². The van der Waals surface area contributed by atoms with Gasteiger partial charge in [0.15, 0.2) is 0 Å². The van der Waals surface area contributed by atoms with Crippen LogP contribution in [0.3, 0.4) is 0 Å². The molecular formula is C10H15IOSi. The van der Waals surface area contributed by atoms with Crippen molar-refractivity contribution in [3.05, 3.63) is 27.3 Å². The molecule has 0 heterocycles. The van der Waals surface area contributed by atoms with Gasteiger partial charge in [0.05, 0.1) is 3.57 Å². The lowest BCUT2D eigenvalue weighted by Crippen LogP contribution is -2.29. The summed E-state index contributed by atoms with van der Waals surface area (Å²) in [5.41, 5.74) is 1.29. The molecule has 0 radical (unpaired) electrons. The Kier molecular flexibility index (Phi) is 3.40. The van der Waals surface area contributed by atoms with E-state index in [1.807, 2.05) is 12.1 Å². The van der Waals surface area contributed by atoms with Crippen LogP contribution in [0.4, 0.5) is 0 Å². The molecule has 0 amide bonds. The molecule has 1 rings (SSSR count). The highest BCUT2D eigenvalue weighted by atomic mass is 127. The first-order valence-corrected chi connectivity index (χ1v) is 8.83. The highest BCUT2D eigenvalue weighted by Gasteiger charge is 2.17. The zero-order valence-electron chi connectivity index (χ0n) is 8.52. The van der Waals surface area contributed by atoms with Crippen molar-refractivity contribution in [1.29, 1.82) is 0 Å². The van der Waals surface area contributed by atoms with Gasteiger partial charge in [0.2, 0.25) is 8.32 Å². The Morgan fingerprint density at radius 1 is 1.23 bits per heavy atom. The Bertz CT molecular complexity index is 304. The van der Waals surface area contributed by atoms with Crippen LogP contribution in [0, 0.1) is 10.5 Å². The van der Waals surface area contributed by atoms with Gasteiger partial charge in [-0.15, -0.1) is 0 Å². The van der Waals surface area contributed by atoms with Crippen molar-refractivity contribution >= 4 is 30.9 Å². The molecule has 3 heteroatoms. The quantitative estimate of drug-likeness (QED) is 0.596. The van der Waals surface area contributed by atoms with Crippen LogP contribution >= 0.6 is 22.6 Å². The molecule has 1 aromatic rings. The third-order valence-corrected chi connectivity index (χ3v) is 3.79. The average Bonchev–Trinajstić information content (AvgIpc) is 1.96. The van der Waals surface area contributed by atoms with Crippen LogP contribution in [-0.4, -0.2) is 8.32 Å². The van der Waals surface area contributed by atoms with Crippen LogP contribution in [0.5, 0.6) is 5.75 Å². The number of halogens is 1. The highest BCUT2D eigenvalue weighted by Crippen LogP contribution is 2.25. The van der Waals surface area contributed by atoms with Crippen LogP contribution < -0.4 is 4.43 Å². The van der Waals surface area contributed by atoms with E-state index in [0.717, 1.165) is 5.75 Å². The molecule has 0 N–H and O–H groups in total. The molecule has 0 saturated heterocycles. The molecule has 0 unspecified atom stereocenters. The fourth-order valence-electron chi connectivity index (χ4n) is 1.03. The lowest BCUT2D eigenvalue weighted by molar-refractivity contribution is 0.553. The summed E-state index contributed by atoms with van der Waals surface area (Å²) in [6.45, 7) is 8.71. The molecule has 13 heavy (non-hydrogen) atoms. The molecule has 0 spiro atoms. The second kappa shape index (κ2) is 4.00. The van der Waals surface area contributed by atoms with Crippen LogP contribution in [0.25, 0.3) is 0 Å². The molecule has 1 nitrogen and oxygen atoms in total.